The maximum absolute atomic E-state index is 12.5. The quantitative estimate of drug-likeness (QED) is 0.654. The van der Waals surface area contributed by atoms with Gasteiger partial charge in [0.15, 0.2) is 0 Å². The first-order valence-corrected chi connectivity index (χ1v) is 7.71. The SMILES string of the molecule is CNC(=O)c1ccc(CN(C)C(=O)c2cc([N+](=O)[O-])ccc2Cl)cc1. The van der Waals surface area contributed by atoms with E-state index in [1.807, 2.05) is 0 Å². The van der Waals surface area contributed by atoms with Crippen LogP contribution in [0.25, 0.3) is 0 Å². The lowest BCUT2D eigenvalue weighted by atomic mass is 10.1. The monoisotopic (exact) mass is 361 g/mol. The summed E-state index contributed by atoms with van der Waals surface area (Å²) in [7, 11) is 3.12. The number of nitro benzene ring substituents is 1. The number of rotatable bonds is 5. The molecule has 0 heterocycles. The van der Waals surface area contributed by atoms with E-state index in [1.165, 1.54) is 17.0 Å². The van der Waals surface area contributed by atoms with E-state index in [2.05, 4.69) is 5.32 Å². The van der Waals surface area contributed by atoms with E-state index >= 15 is 0 Å². The molecule has 0 aliphatic carbocycles. The Kier molecular flexibility index (Phi) is 5.71. The first kappa shape index (κ1) is 18.4. The molecule has 0 unspecified atom stereocenters. The maximum Gasteiger partial charge on any atom is 0.270 e. The van der Waals surface area contributed by atoms with E-state index in [9.17, 15) is 19.7 Å². The second-order valence-electron chi connectivity index (χ2n) is 5.36. The summed E-state index contributed by atoms with van der Waals surface area (Å²) in [6, 6.07) is 10.5. The second kappa shape index (κ2) is 7.76. The molecule has 0 aliphatic rings. The van der Waals surface area contributed by atoms with Gasteiger partial charge in [-0.2, -0.15) is 0 Å². The minimum absolute atomic E-state index is 0.0698. The van der Waals surface area contributed by atoms with Crippen molar-refractivity contribution in [3.05, 3.63) is 74.3 Å². The zero-order valence-electron chi connectivity index (χ0n) is 13.7. The number of nitrogens with zero attached hydrogens (tertiary/aromatic N) is 2. The van der Waals surface area contributed by atoms with Crippen LogP contribution in [0.15, 0.2) is 42.5 Å². The normalized spacial score (nSPS) is 10.2. The zero-order valence-corrected chi connectivity index (χ0v) is 14.4. The number of amides is 2. The molecule has 0 saturated heterocycles. The van der Waals surface area contributed by atoms with Crippen LogP contribution in [-0.2, 0) is 6.54 Å². The van der Waals surface area contributed by atoms with Crippen molar-refractivity contribution in [1.29, 1.82) is 0 Å². The first-order valence-electron chi connectivity index (χ1n) is 7.34. The minimum atomic E-state index is -0.579. The van der Waals surface area contributed by atoms with Crippen LogP contribution in [0.4, 0.5) is 5.69 Å². The molecule has 7 nitrogen and oxygen atoms in total. The number of halogens is 1. The van der Waals surface area contributed by atoms with Crippen LogP contribution in [0.3, 0.4) is 0 Å². The third-order valence-electron chi connectivity index (χ3n) is 3.60. The lowest BCUT2D eigenvalue weighted by Gasteiger charge is -2.18. The van der Waals surface area contributed by atoms with Crippen molar-refractivity contribution < 1.29 is 14.5 Å². The molecule has 0 spiro atoms. The van der Waals surface area contributed by atoms with Crippen molar-refractivity contribution in [2.75, 3.05) is 14.1 Å². The Hall–Kier alpha value is -2.93. The van der Waals surface area contributed by atoms with E-state index in [-0.39, 0.29) is 28.7 Å². The number of nitrogens with one attached hydrogen (secondary N) is 1. The summed E-state index contributed by atoms with van der Waals surface area (Å²) in [5.41, 5.74) is 1.20. The van der Waals surface area contributed by atoms with Gasteiger partial charge in [-0.3, -0.25) is 19.7 Å². The van der Waals surface area contributed by atoms with Gasteiger partial charge in [0.1, 0.15) is 0 Å². The smallest absolute Gasteiger partial charge is 0.270 e. The Morgan fingerprint density at radius 1 is 1.20 bits per heavy atom. The van der Waals surface area contributed by atoms with E-state index < -0.39 is 10.8 Å². The average molecular weight is 362 g/mol. The van der Waals surface area contributed by atoms with Gasteiger partial charge in [0.25, 0.3) is 17.5 Å². The van der Waals surface area contributed by atoms with Crippen LogP contribution in [0.1, 0.15) is 26.3 Å². The molecule has 0 bridgehead atoms. The molecule has 0 radical (unpaired) electrons. The molecule has 2 amide bonds. The van der Waals surface area contributed by atoms with Crippen molar-refractivity contribution in [2.45, 2.75) is 6.54 Å². The summed E-state index contributed by atoms with van der Waals surface area (Å²) in [5, 5.41) is 13.5. The largest absolute Gasteiger partial charge is 0.355 e. The molecule has 2 rings (SSSR count). The van der Waals surface area contributed by atoms with Gasteiger partial charge in [0.05, 0.1) is 15.5 Å². The van der Waals surface area contributed by atoms with Crippen molar-refractivity contribution in [3.63, 3.8) is 0 Å². The van der Waals surface area contributed by atoms with E-state index in [4.69, 9.17) is 11.6 Å². The molecule has 8 heteroatoms. The van der Waals surface area contributed by atoms with Gasteiger partial charge in [0, 0.05) is 38.3 Å². The summed E-state index contributed by atoms with van der Waals surface area (Å²) >= 11 is 6.00. The fourth-order valence-corrected chi connectivity index (χ4v) is 2.45. The van der Waals surface area contributed by atoms with Gasteiger partial charge in [-0.05, 0) is 23.8 Å². The van der Waals surface area contributed by atoms with Crippen LogP contribution in [0.2, 0.25) is 5.02 Å². The Balaban J connectivity index is 2.16. The zero-order chi connectivity index (χ0) is 18.6. The average Bonchev–Trinajstić information content (AvgIpc) is 2.61. The molecule has 0 fully saturated rings. The highest BCUT2D eigenvalue weighted by atomic mass is 35.5. The van der Waals surface area contributed by atoms with Crippen molar-refractivity contribution in [3.8, 4) is 0 Å². The summed E-state index contributed by atoms with van der Waals surface area (Å²) in [5.74, 6) is -0.622. The summed E-state index contributed by atoms with van der Waals surface area (Å²) in [4.78, 5) is 35.7. The Labute approximate surface area is 149 Å². The Morgan fingerprint density at radius 3 is 2.40 bits per heavy atom. The van der Waals surface area contributed by atoms with Gasteiger partial charge in [-0.25, -0.2) is 0 Å². The molecule has 0 atom stereocenters. The van der Waals surface area contributed by atoms with Crippen LogP contribution in [0.5, 0.6) is 0 Å². The number of carbonyl (C=O) groups excluding carboxylic acids is 2. The summed E-state index contributed by atoms with van der Waals surface area (Å²) in [6.07, 6.45) is 0. The second-order valence-corrected chi connectivity index (χ2v) is 5.77. The highest BCUT2D eigenvalue weighted by Crippen LogP contribution is 2.23. The Bertz CT molecular complexity index is 821. The number of hydrogen-bond acceptors (Lipinski definition) is 4. The van der Waals surface area contributed by atoms with Gasteiger partial charge < -0.3 is 10.2 Å². The van der Waals surface area contributed by atoms with Gasteiger partial charge >= 0.3 is 0 Å². The number of nitro groups is 1. The van der Waals surface area contributed by atoms with Crippen molar-refractivity contribution in [1.82, 2.24) is 10.2 Å². The summed E-state index contributed by atoms with van der Waals surface area (Å²) < 4.78 is 0. The first-order chi connectivity index (χ1) is 11.8. The molecule has 0 saturated carbocycles. The topological polar surface area (TPSA) is 92.6 Å². The fraction of sp³-hybridized carbons (Fsp3) is 0.176. The Morgan fingerprint density at radius 2 is 1.84 bits per heavy atom. The van der Waals surface area contributed by atoms with E-state index in [1.54, 1.807) is 38.4 Å². The molecule has 130 valence electrons. The van der Waals surface area contributed by atoms with Crippen LogP contribution in [-0.4, -0.2) is 35.7 Å². The summed E-state index contributed by atoms with van der Waals surface area (Å²) in [6.45, 7) is 0.270. The number of hydrogen-bond donors (Lipinski definition) is 1. The molecule has 0 aromatic heterocycles. The highest BCUT2D eigenvalue weighted by molar-refractivity contribution is 6.33. The number of non-ortho nitro benzene ring substituents is 1. The van der Waals surface area contributed by atoms with Gasteiger partial charge in [-0.15, -0.1) is 0 Å². The molecule has 1 N–H and O–H groups in total. The fourth-order valence-electron chi connectivity index (χ4n) is 2.25. The third kappa shape index (κ3) is 4.33. The third-order valence-corrected chi connectivity index (χ3v) is 3.93. The molecule has 25 heavy (non-hydrogen) atoms. The molecule has 2 aromatic carbocycles. The lowest BCUT2D eigenvalue weighted by Crippen LogP contribution is -2.26. The van der Waals surface area contributed by atoms with Crippen molar-refractivity contribution in [2.24, 2.45) is 0 Å². The predicted octanol–water partition coefficient (Wildman–Crippen LogP) is 2.88. The van der Waals surface area contributed by atoms with Crippen molar-refractivity contribution >= 4 is 29.1 Å². The van der Waals surface area contributed by atoms with Crippen LogP contribution >= 0.6 is 11.6 Å². The molecular weight excluding hydrogens is 346 g/mol. The predicted molar refractivity (Wildman–Crippen MR) is 93.7 cm³/mol. The van der Waals surface area contributed by atoms with Gasteiger partial charge in [0.2, 0.25) is 0 Å². The minimum Gasteiger partial charge on any atom is -0.355 e. The molecular formula is C17H16ClN3O4. The lowest BCUT2D eigenvalue weighted by molar-refractivity contribution is -0.384. The number of carbonyl (C=O) groups is 2. The van der Waals surface area contributed by atoms with Gasteiger partial charge in [-0.1, -0.05) is 23.7 Å². The highest BCUT2D eigenvalue weighted by Gasteiger charge is 2.19. The molecule has 2 aromatic rings. The standard InChI is InChI=1S/C17H16ClN3O4/c1-19-16(22)12-5-3-11(4-6-12)10-20(2)17(23)14-9-13(21(24)25)7-8-15(14)18/h3-9H,10H2,1-2H3,(H,19,22). The number of benzene rings is 2. The molecule has 0 aliphatic heterocycles. The van der Waals surface area contributed by atoms with Crippen LogP contribution < -0.4 is 5.32 Å². The maximum atomic E-state index is 12.5. The van der Waals surface area contributed by atoms with E-state index in [0.717, 1.165) is 11.6 Å². The van der Waals surface area contributed by atoms with Crippen LogP contribution in [0, 0.1) is 10.1 Å². The van der Waals surface area contributed by atoms with E-state index in [0.29, 0.717) is 5.56 Å².